The van der Waals surface area contributed by atoms with E-state index in [4.69, 9.17) is 23.0 Å². The molecule has 0 atom stereocenters. The van der Waals surface area contributed by atoms with Gasteiger partial charge in [0.2, 0.25) is 9.05 Å². The lowest BCUT2D eigenvalue weighted by atomic mass is 10.3. The second-order valence-corrected chi connectivity index (χ2v) is 3.21. The number of rotatable bonds is 2. The highest BCUT2D eigenvalue weighted by atomic mass is 35.7. The lowest BCUT2D eigenvalue weighted by Crippen LogP contribution is -2.03. The zero-order valence-corrected chi connectivity index (χ0v) is 5.18. The van der Waals surface area contributed by atoms with Crippen molar-refractivity contribution in [1.82, 2.24) is 0 Å². The molecule has 0 radical (unpaired) electrons. The maximum atomic E-state index is 11.0. The van der Waals surface area contributed by atoms with Gasteiger partial charge in [-0.1, -0.05) is 13.7 Å². The van der Waals surface area contributed by atoms with Crippen LogP contribution in [0.3, 0.4) is 0 Å². The van der Waals surface area contributed by atoms with Crippen molar-refractivity contribution in [3.63, 3.8) is 0 Å². The fourth-order valence-electron chi connectivity index (χ4n) is 0.122. The molecule has 0 N–H and O–H groups in total. The van der Waals surface area contributed by atoms with Crippen LogP contribution in [0, 0.1) is 5.89 Å². The molecule has 0 amide bonds. The predicted octanol–water partition coefficient (Wildman–Crippen LogP) is 1.21. The van der Waals surface area contributed by atoms with E-state index >= 15 is 0 Å². The summed E-state index contributed by atoms with van der Waals surface area (Å²) < 4.78 is 84.8. The first-order valence-corrected chi connectivity index (χ1v) is 3.75. The van der Waals surface area contributed by atoms with Gasteiger partial charge in [0, 0.05) is 23.0 Å². The largest absolute Gasteiger partial charge is 0.232 e. The average Bonchev–Trinajstić information content (AvgIpc) is 1.95. The van der Waals surface area contributed by atoms with Crippen LogP contribution in [0.15, 0.2) is 0 Å². The van der Waals surface area contributed by atoms with E-state index in [9.17, 15) is 8.42 Å². The van der Waals surface area contributed by atoms with Gasteiger partial charge >= 0.3 is 0 Å². The molecule has 0 saturated heterocycles. The Morgan fingerprint density at radius 2 is 2.50 bits per heavy atom. The van der Waals surface area contributed by atoms with Gasteiger partial charge in [0.25, 0.3) is 0 Å². The van der Waals surface area contributed by atoms with Gasteiger partial charge in [-0.05, 0) is 5.89 Å². The fourth-order valence-corrected chi connectivity index (χ4v) is 0.597. The maximum Gasteiger partial charge on any atom is 0.232 e. The van der Waals surface area contributed by atoms with Gasteiger partial charge in [-0.3, -0.25) is 0 Å². The third kappa shape index (κ3) is 6.24. The van der Waals surface area contributed by atoms with Crippen molar-refractivity contribution in [2.24, 2.45) is 5.89 Å². The van der Waals surface area contributed by atoms with E-state index in [-0.39, 0.29) is 0 Å². The summed E-state index contributed by atoms with van der Waals surface area (Å²) in [7, 11) is -0.530. The molecule has 0 unspecified atom stereocenters. The van der Waals surface area contributed by atoms with E-state index in [1.54, 1.807) is 0 Å². The Balaban J connectivity index is 6.23. The van der Waals surface area contributed by atoms with Crippen molar-refractivity contribution < 1.29 is 20.8 Å². The van der Waals surface area contributed by atoms with Crippen LogP contribution in [0.5, 0.6) is 0 Å². The molecule has 0 heterocycles. The normalized spacial score (nSPS) is 35.4. The third-order valence-corrected chi connectivity index (χ3v) is 0.903. The first kappa shape index (κ1) is 1.64. The topological polar surface area (TPSA) is 34.1 Å². The van der Waals surface area contributed by atoms with Crippen LogP contribution in [0.4, 0.5) is 0 Å². The molecular formula is C4H9ClO2S. The smallest absolute Gasteiger partial charge is 0.212 e. The highest BCUT2D eigenvalue weighted by Gasteiger charge is 2.06. The lowest BCUT2D eigenvalue weighted by Gasteiger charge is -1.96. The number of halogens is 1. The Bertz CT molecular complexity index is 378. The monoisotopic (exact) mass is 165 g/mol. The lowest BCUT2D eigenvalue weighted by molar-refractivity contribution is 0.596. The van der Waals surface area contributed by atoms with Gasteiger partial charge in [0.05, 0.1) is 5.70 Å². The summed E-state index contributed by atoms with van der Waals surface area (Å²) in [6.45, 7) is -7.41. The molecular weight excluding hydrogens is 148 g/mol. The number of hydrogen-bond donors (Lipinski definition) is 0. The standard InChI is InChI=1S/C4H9ClO2S/c1-4(2)3-8(5,6)7/h4H,3H2,1-2H3/i1D3,2D3,3D2,4D. The Kier molecular flexibility index (Phi) is 0.550. The van der Waals surface area contributed by atoms with E-state index in [0.717, 1.165) is 0 Å². The summed E-state index contributed by atoms with van der Waals surface area (Å²) in [4.78, 5) is 0. The zero-order chi connectivity index (χ0) is 14.5. The summed E-state index contributed by atoms with van der Waals surface area (Å²) in [5, 5.41) is 0. The van der Waals surface area contributed by atoms with Crippen LogP contribution in [0.1, 0.15) is 26.0 Å². The molecule has 0 saturated carbocycles. The molecule has 0 spiro atoms. The quantitative estimate of drug-likeness (QED) is 0.577. The van der Waals surface area contributed by atoms with Crippen LogP contribution in [0.2, 0.25) is 0 Å². The molecule has 4 heteroatoms. The van der Waals surface area contributed by atoms with E-state index in [1.165, 1.54) is 0 Å². The molecule has 0 aromatic rings. The van der Waals surface area contributed by atoms with Gasteiger partial charge in [-0.15, -0.1) is 0 Å². The van der Waals surface area contributed by atoms with Gasteiger partial charge in [-0.25, -0.2) is 8.42 Å². The van der Waals surface area contributed by atoms with Crippen LogP contribution < -0.4 is 0 Å². The molecule has 2 nitrogen and oxygen atoms in total. The molecule has 0 fully saturated rings. The van der Waals surface area contributed by atoms with Crippen LogP contribution >= 0.6 is 10.7 Å². The molecule has 0 aliphatic heterocycles. The summed E-state index contributed by atoms with van der Waals surface area (Å²) >= 11 is 0. The van der Waals surface area contributed by atoms with Crippen molar-refractivity contribution in [2.75, 3.05) is 5.70 Å². The first-order valence-electron chi connectivity index (χ1n) is 5.94. The Hall–Kier alpha value is 0.240. The van der Waals surface area contributed by atoms with E-state index in [1.807, 2.05) is 0 Å². The molecule has 0 bridgehead atoms. The van der Waals surface area contributed by atoms with Gasteiger partial charge in [0.15, 0.2) is 0 Å². The molecule has 8 heavy (non-hydrogen) atoms. The first-order chi connectivity index (χ1) is 7.00. The molecule has 50 valence electrons. The Morgan fingerprint density at radius 3 is 2.62 bits per heavy atom. The van der Waals surface area contributed by atoms with Crippen molar-refractivity contribution in [1.29, 1.82) is 0 Å². The molecule has 0 aliphatic rings. The summed E-state index contributed by atoms with van der Waals surface area (Å²) in [5.74, 6) is -3.88. The SMILES string of the molecule is [2H]C([2H])([2H])C([2H])(C([2H])([2H])[2H])C([2H])([2H])S(=O)(=O)Cl. The minimum atomic E-state index is -5.23. The van der Waals surface area contributed by atoms with Crippen LogP contribution in [-0.2, 0) is 9.05 Å². The highest BCUT2D eigenvalue weighted by molar-refractivity contribution is 8.13. The van der Waals surface area contributed by atoms with Crippen molar-refractivity contribution >= 4 is 19.7 Å². The minimum Gasteiger partial charge on any atom is -0.212 e. The minimum absolute atomic E-state index is 3.70. The van der Waals surface area contributed by atoms with Gasteiger partial charge in [-0.2, -0.15) is 0 Å². The molecule has 0 aromatic heterocycles. The molecule has 0 aliphatic carbocycles. The number of hydrogen-bond acceptors (Lipinski definition) is 2. The zero-order valence-electron chi connectivity index (χ0n) is 12.6. The van der Waals surface area contributed by atoms with E-state index < -0.39 is 34.4 Å². The fraction of sp³-hybridized carbons (Fsp3) is 1.00. The van der Waals surface area contributed by atoms with E-state index in [0.29, 0.717) is 0 Å². The summed E-state index contributed by atoms with van der Waals surface area (Å²) in [6.07, 6.45) is 0. The third-order valence-electron chi connectivity index (χ3n) is 0.224. The van der Waals surface area contributed by atoms with E-state index in [2.05, 4.69) is 0 Å². The van der Waals surface area contributed by atoms with Crippen molar-refractivity contribution in [2.45, 2.75) is 13.7 Å². The molecule has 0 aromatic carbocycles. The van der Waals surface area contributed by atoms with Crippen LogP contribution in [-0.4, -0.2) is 14.1 Å². The average molecular weight is 166 g/mol. The van der Waals surface area contributed by atoms with Crippen LogP contribution in [0.25, 0.3) is 0 Å². The Morgan fingerprint density at radius 1 is 2.00 bits per heavy atom. The summed E-state index contributed by atoms with van der Waals surface area (Å²) in [6, 6.07) is 0. The molecule has 0 rings (SSSR count). The van der Waals surface area contributed by atoms with Crippen molar-refractivity contribution in [3.8, 4) is 0 Å². The van der Waals surface area contributed by atoms with Gasteiger partial charge < -0.3 is 0 Å². The predicted molar refractivity (Wildman–Crippen MR) is 34.5 cm³/mol. The van der Waals surface area contributed by atoms with Gasteiger partial charge in [0.1, 0.15) is 0 Å². The summed E-state index contributed by atoms with van der Waals surface area (Å²) in [5.41, 5.74) is -3.96. The second-order valence-electron chi connectivity index (χ2n) is 0.915. The highest BCUT2D eigenvalue weighted by Crippen LogP contribution is 2.03. The maximum absolute atomic E-state index is 11.0. The Labute approximate surface area is 66.9 Å². The second kappa shape index (κ2) is 2.69. The van der Waals surface area contributed by atoms with Crippen molar-refractivity contribution in [3.05, 3.63) is 0 Å².